The molecule has 1 heterocycles. The highest BCUT2D eigenvalue weighted by Gasteiger charge is 2.20. The van der Waals surface area contributed by atoms with Gasteiger partial charge in [-0.15, -0.1) is 0 Å². The summed E-state index contributed by atoms with van der Waals surface area (Å²) < 4.78 is 33.1. The maximum absolute atomic E-state index is 12.2. The van der Waals surface area contributed by atoms with Gasteiger partial charge in [-0.05, 0) is 50.1 Å². The molecule has 7 nitrogen and oxygen atoms in total. The van der Waals surface area contributed by atoms with Crippen molar-refractivity contribution in [2.45, 2.75) is 26.4 Å². The molecule has 0 radical (unpaired) electrons. The third-order valence-electron chi connectivity index (χ3n) is 4.25. The lowest BCUT2D eigenvalue weighted by atomic mass is 10.1. The van der Waals surface area contributed by atoms with Gasteiger partial charge in [0.05, 0.1) is 26.4 Å². The predicted octanol–water partition coefficient (Wildman–Crippen LogP) is 5.00. The Balaban J connectivity index is 1.77. The molecule has 0 aliphatic rings. The Labute approximate surface area is 195 Å². The summed E-state index contributed by atoms with van der Waals surface area (Å²) in [4.78, 5) is 17.9. The predicted molar refractivity (Wildman–Crippen MR) is 127 cm³/mol. The molecule has 33 heavy (non-hydrogen) atoms. The lowest BCUT2D eigenvalue weighted by molar-refractivity contribution is 0.0320. The minimum Gasteiger partial charge on any atom is -0.475 e. The molecule has 1 amide bonds. The van der Waals surface area contributed by atoms with Crippen molar-refractivity contribution >= 4 is 23.9 Å². The number of alkyl halides is 1. The number of hydrogen-bond donors (Lipinski definition) is 0. The van der Waals surface area contributed by atoms with Gasteiger partial charge in [-0.2, -0.15) is 0 Å². The first kappa shape index (κ1) is 26.3. The van der Waals surface area contributed by atoms with Crippen molar-refractivity contribution < 1.29 is 28.1 Å². The maximum Gasteiger partial charge on any atom is 0.414 e. The summed E-state index contributed by atoms with van der Waals surface area (Å²) >= 11 is 0. The van der Waals surface area contributed by atoms with Gasteiger partial charge in [0.1, 0.15) is 18.9 Å². The third kappa shape index (κ3) is 10.5. The minimum atomic E-state index is -0.538. The topological polar surface area (TPSA) is 70.1 Å². The molecule has 2 aromatic rings. The van der Waals surface area contributed by atoms with Crippen LogP contribution < -0.4 is 9.64 Å². The largest absolute Gasteiger partial charge is 0.475 e. The van der Waals surface area contributed by atoms with Gasteiger partial charge < -0.3 is 18.9 Å². The Morgan fingerprint density at radius 3 is 2.15 bits per heavy atom. The SMILES string of the molecule is CN(C(=O)OC(C)(C)C)c1ccc(C=Cc2ccc(OCCOCCOCC[18F])nc2)cc1. The summed E-state index contributed by atoms with van der Waals surface area (Å²) in [5.41, 5.74) is 2.13. The van der Waals surface area contributed by atoms with E-state index in [-0.39, 0.29) is 6.61 Å². The first-order valence-corrected chi connectivity index (χ1v) is 10.8. The first-order chi connectivity index (χ1) is 15.8. The molecule has 0 unspecified atom stereocenters. The number of amides is 1. The monoisotopic (exact) mass is 459 g/mol. The molecule has 0 aliphatic carbocycles. The molecule has 0 saturated heterocycles. The number of carbonyl (C=O) groups excluding carboxylic acids is 1. The van der Waals surface area contributed by atoms with E-state index in [9.17, 15) is 9.18 Å². The van der Waals surface area contributed by atoms with E-state index in [4.69, 9.17) is 18.9 Å². The molecule has 1 aromatic heterocycles. The number of pyridine rings is 1. The van der Waals surface area contributed by atoms with Crippen molar-refractivity contribution in [3.05, 3.63) is 53.7 Å². The van der Waals surface area contributed by atoms with Gasteiger partial charge in [0, 0.05) is 25.0 Å². The van der Waals surface area contributed by atoms with Crippen LogP contribution in [0.2, 0.25) is 0 Å². The van der Waals surface area contributed by atoms with Gasteiger partial charge in [0.15, 0.2) is 0 Å². The number of ether oxygens (including phenoxy) is 4. The minimum absolute atomic E-state index is 0.0985. The van der Waals surface area contributed by atoms with Gasteiger partial charge in [-0.25, -0.2) is 14.2 Å². The molecular formula is C25H33FN2O5. The molecular weight excluding hydrogens is 426 g/mol. The van der Waals surface area contributed by atoms with Gasteiger partial charge in [-0.3, -0.25) is 4.90 Å². The number of anilines is 1. The summed E-state index contributed by atoms with van der Waals surface area (Å²) in [5, 5.41) is 0. The normalized spacial score (nSPS) is 11.5. The first-order valence-electron chi connectivity index (χ1n) is 10.8. The van der Waals surface area contributed by atoms with E-state index in [0.717, 1.165) is 16.8 Å². The molecule has 0 aliphatic heterocycles. The molecule has 180 valence electrons. The fourth-order valence-electron chi connectivity index (χ4n) is 2.59. The molecule has 0 spiro atoms. The second-order valence-electron chi connectivity index (χ2n) is 8.16. The van der Waals surface area contributed by atoms with Crippen LogP contribution in [0.25, 0.3) is 12.2 Å². The van der Waals surface area contributed by atoms with Crippen LogP contribution in [0.5, 0.6) is 5.88 Å². The molecule has 0 fully saturated rings. The summed E-state index contributed by atoms with van der Waals surface area (Å²) in [5.74, 6) is 0.513. The van der Waals surface area contributed by atoms with Crippen molar-refractivity contribution in [3.63, 3.8) is 0 Å². The van der Waals surface area contributed by atoms with Crippen LogP contribution in [-0.2, 0) is 14.2 Å². The fourth-order valence-corrected chi connectivity index (χ4v) is 2.59. The molecule has 0 atom stereocenters. The second kappa shape index (κ2) is 13.5. The number of hydrogen-bond acceptors (Lipinski definition) is 6. The van der Waals surface area contributed by atoms with E-state index < -0.39 is 18.4 Å². The Morgan fingerprint density at radius 2 is 1.55 bits per heavy atom. The average molecular weight is 460 g/mol. The third-order valence-corrected chi connectivity index (χ3v) is 4.25. The summed E-state index contributed by atoms with van der Waals surface area (Å²) in [6, 6.07) is 11.3. The fraction of sp³-hybridized carbons (Fsp3) is 0.440. The molecule has 0 bridgehead atoms. The highest BCUT2D eigenvalue weighted by atomic mass is 18.2. The lowest BCUT2D eigenvalue weighted by Gasteiger charge is -2.24. The molecule has 1 aromatic carbocycles. The molecule has 8 heteroatoms. The Kier molecular flexibility index (Phi) is 10.8. The Morgan fingerprint density at radius 1 is 0.939 bits per heavy atom. The van der Waals surface area contributed by atoms with Crippen molar-refractivity contribution in [2.75, 3.05) is 51.7 Å². The van der Waals surface area contributed by atoms with Crippen molar-refractivity contribution in [1.29, 1.82) is 0 Å². The Hall–Kier alpha value is -2.97. The number of rotatable bonds is 12. The molecule has 0 N–H and O–H groups in total. The van der Waals surface area contributed by atoms with Crippen LogP contribution in [0.3, 0.4) is 0 Å². The second-order valence-corrected chi connectivity index (χ2v) is 8.16. The van der Waals surface area contributed by atoms with Gasteiger partial charge >= 0.3 is 6.09 Å². The zero-order chi connectivity index (χ0) is 24.1. The van der Waals surface area contributed by atoms with E-state index in [1.807, 2.05) is 63.3 Å². The number of carbonyl (C=O) groups is 1. The van der Waals surface area contributed by atoms with Crippen LogP contribution in [0, 0.1) is 0 Å². The summed E-state index contributed by atoms with van der Waals surface area (Å²) in [7, 11) is 1.68. The van der Waals surface area contributed by atoms with E-state index >= 15 is 0 Å². The van der Waals surface area contributed by atoms with Crippen LogP contribution in [0.15, 0.2) is 42.6 Å². The molecule has 2 rings (SSSR count). The average Bonchev–Trinajstić information content (AvgIpc) is 2.79. The molecule has 0 saturated carbocycles. The van der Waals surface area contributed by atoms with E-state index in [1.165, 1.54) is 4.90 Å². The van der Waals surface area contributed by atoms with E-state index in [0.29, 0.717) is 32.3 Å². The standard InChI is InChI=1S/C25H33FN2O5/c1-25(2,3)33-24(29)28(4)22-10-7-20(8-11-22)5-6-21-9-12-23(27-19-21)32-18-17-31-16-15-30-14-13-26/h5-12,19H,13-18H2,1-4H3/i26-1. The number of aromatic nitrogens is 1. The maximum atomic E-state index is 12.2. The van der Waals surface area contributed by atoms with Crippen LogP contribution in [0.4, 0.5) is 14.9 Å². The van der Waals surface area contributed by atoms with E-state index in [2.05, 4.69) is 4.98 Å². The van der Waals surface area contributed by atoms with Crippen LogP contribution >= 0.6 is 0 Å². The van der Waals surface area contributed by atoms with Gasteiger partial charge in [0.25, 0.3) is 0 Å². The van der Waals surface area contributed by atoms with Crippen LogP contribution in [-0.4, -0.2) is 63.4 Å². The zero-order valence-corrected chi connectivity index (χ0v) is 19.8. The quantitative estimate of drug-likeness (QED) is 0.416. The van der Waals surface area contributed by atoms with Crippen molar-refractivity contribution in [3.8, 4) is 5.88 Å². The van der Waals surface area contributed by atoms with Crippen molar-refractivity contribution in [1.82, 2.24) is 4.98 Å². The summed E-state index contributed by atoms with van der Waals surface area (Å²) in [6.45, 7) is 6.67. The van der Waals surface area contributed by atoms with Crippen molar-refractivity contribution in [2.24, 2.45) is 0 Å². The highest BCUT2D eigenvalue weighted by Crippen LogP contribution is 2.19. The van der Waals surface area contributed by atoms with Gasteiger partial charge in [-0.1, -0.05) is 24.3 Å². The zero-order valence-electron chi connectivity index (χ0n) is 19.8. The highest BCUT2D eigenvalue weighted by molar-refractivity contribution is 5.87. The number of nitrogens with zero attached hydrogens (tertiary/aromatic N) is 2. The lowest BCUT2D eigenvalue weighted by Crippen LogP contribution is -2.34. The van der Waals surface area contributed by atoms with Crippen LogP contribution in [0.1, 0.15) is 31.9 Å². The number of benzene rings is 1. The summed E-state index contributed by atoms with van der Waals surface area (Å²) in [6.07, 6.45) is 5.24. The van der Waals surface area contributed by atoms with Gasteiger partial charge in [0.2, 0.25) is 5.88 Å². The number of halogens is 1. The van der Waals surface area contributed by atoms with E-state index in [1.54, 1.807) is 19.3 Å². The smallest absolute Gasteiger partial charge is 0.414 e. The Bertz CT molecular complexity index is 864.